The molecule has 0 radical (unpaired) electrons. The Morgan fingerprint density at radius 2 is 1.82 bits per heavy atom. The second-order valence-electron chi connectivity index (χ2n) is 7.82. The van der Waals surface area contributed by atoms with Crippen LogP contribution in [0.15, 0.2) is 52.1 Å². The maximum atomic E-state index is 13.2. The average molecular weight is 487 g/mol. The minimum Gasteiger partial charge on any atom is -0.385 e. The van der Waals surface area contributed by atoms with E-state index in [4.69, 9.17) is 16.3 Å². The summed E-state index contributed by atoms with van der Waals surface area (Å²) in [6.45, 7) is 2.40. The second-order valence-corrected chi connectivity index (χ2v) is 8.23. The highest BCUT2D eigenvalue weighted by Gasteiger charge is 2.16. The molecule has 0 saturated carbocycles. The predicted octanol–water partition coefficient (Wildman–Crippen LogP) is 2.31. The van der Waals surface area contributed by atoms with Gasteiger partial charge in [-0.1, -0.05) is 29.8 Å². The molecule has 0 unspecified atom stereocenters. The molecule has 3 aromatic rings. The van der Waals surface area contributed by atoms with Crippen molar-refractivity contribution in [3.63, 3.8) is 0 Å². The van der Waals surface area contributed by atoms with E-state index in [9.17, 15) is 19.2 Å². The number of aromatic nitrogens is 2. The number of benzene rings is 2. The summed E-state index contributed by atoms with van der Waals surface area (Å²) in [7, 11) is 1.58. The lowest BCUT2D eigenvalue weighted by molar-refractivity contribution is -0.121. The summed E-state index contributed by atoms with van der Waals surface area (Å²) in [6.07, 6.45) is 0.608. The Balaban J connectivity index is 1.85. The van der Waals surface area contributed by atoms with Crippen LogP contribution in [0.4, 0.5) is 5.69 Å². The summed E-state index contributed by atoms with van der Waals surface area (Å²) in [4.78, 5) is 51.0. The van der Waals surface area contributed by atoms with Crippen molar-refractivity contribution < 1.29 is 14.3 Å². The van der Waals surface area contributed by atoms with E-state index in [-0.39, 0.29) is 30.8 Å². The first-order chi connectivity index (χ1) is 16.3. The van der Waals surface area contributed by atoms with Crippen molar-refractivity contribution in [2.24, 2.45) is 0 Å². The number of fused-ring (bicyclic) bond motifs is 1. The van der Waals surface area contributed by atoms with Crippen molar-refractivity contribution in [2.45, 2.75) is 32.9 Å². The van der Waals surface area contributed by atoms with Crippen LogP contribution >= 0.6 is 11.6 Å². The molecule has 34 heavy (non-hydrogen) atoms. The number of nitrogens with zero attached hydrogens (tertiary/aromatic N) is 2. The summed E-state index contributed by atoms with van der Waals surface area (Å²) < 4.78 is 7.15. The molecule has 0 aliphatic rings. The lowest BCUT2D eigenvalue weighted by Gasteiger charge is -2.14. The standard InChI is InChI=1S/C24H27ClN4O5/c1-16-8-9-19(18(25)14-16)27-22(31)15-29-20-7-4-3-6-17(20)23(32)28(24(29)33)12-10-21(30)26-11-5-13-34-2/h3-4,6-9,14H,5,10-13,15H2,1-2H3,(H,26,30)(H,27,31). The van der Waals surface area contributed by atoms with E-state index in [2.05, 4.69) is 10.6 Å². The Kier molecular flexibility index (Phi) is 8.61. The van der Waals surface area contributed by atoms with E-state index in [1.165, 1.54) is 4.57 Å². The molecule has 2 N–H and O–H groups in total. The molecular weight excluding hydrogens is 460 g/mol. The van der Waals surface area contributed by atoms with Crippen molar-refractivity contribution >= 4 is 40.0 Å². The van der Waals surface area contributed by atoms with Crippen LogP contribution in [0, 0.1) is 6.92 Å². The van der Waals surface area contributed by atoms with Gasteiger partial charge >= 0.3 is 5.69 Å². The minimum absolute atomic E-state index is 0.0500. The highest BCUT2D eigenvalue weighted by molar-refractivity contribution is 6.33. The zero-order chi connectivity index (χ0) is 24.7. The summed E-state index contributed by atoms with van der Waals surface area (Å²) in [6, 6.07) is 11.8. The number of carbonyl (C=O) groups is 2. The second kappa shape index (κ2) is 11.6. The van der Waals surface area contributed by atoms with E-state index in [1.54, 1.807) is 43.5 Å². The number of halogens is 1. The molecule has 0 aliphatic heterocycles. The van der Waals surface area contributed by atoms with Crippen LogP contribution in [0.3, 0.4) is 0 Å². The van der Waals surface area contributed by atoms with Crippen molar-refractivity contribution in [3.8, 4) is 0 Å². The van der Waals surface area contributed by atoms with Gasteiger partial charge in [-0.05, 0) is 43.2 Å². The predicted molar refractivity (Wildman–Crippen MR) is 131 cm³/mol. The molecule has 0 fully saturated rings. The first-order valence-electron chi connectivity index (χ1n) is 10.9. The molecule has 1 heterocycles. The maximum Gasteiger partial charge on any atom is 0.331 e. The number of nitrogens with one attached hydrogen (secondary N) is 2. The Bertz CT molecular complexity index is 1310. The molecule has 0 spiro atoms. The van der Waals surface area contributed by atoms with Gasteiger partial charge in [0.1, 0.15) is 6.54 Å². The van der Waals surface area contributed by atoms with Crippen molar-refractivity contribution in [3.05, 3.63) is 73.9 Å². The number of amides is 2. The fourth-order valence-electron chi connectivity index (χ4n) is 3.52. The van der Waals surface area contributed by atoms with E-state index >= 15 is 0 Å². The Morgan fingerprint density at radius 1 is 1.06 bits per heavy atom. The molecular formula is C24H27ClN4O5. The number of ether oxygens (including phenoxy) is 1. The molecule has 3 rings (SSSR count). The number of rotatable bonds is 10. The Hall–Kier alpha value is -3.43. The van der Waals surface area contributed by atoms with E-state index < -0.39 is 17.2 Å². The molecule has 10 heteroatoms. The highest BCUT2D eigenvalue weighted by Crippen LogP contribution is 2.22. The highest BCUT2D eigenvalue weighted by atomic mass is 35.5. The van der Waals surface area contributed by atoms with Gasteiger partial charge in [0.05, 0.1) is 21.6 Å². The molecule has 1 aromatic heterocycles. The monoisotopic (exact) mass is 486 g/mol. The summed E-state index contributed by atoms with van der Waals surface area (Å²) in [5.74, 6) is -0.757. The van der Waals surface area contributed by atoms with Crippen LogP contribution in [0.1, 0.15) is 18.4 Å². The number of hydrogen-bond donors (Lipinski definition) is 2. The average Bonchev–Trinajstić information content (AvgIpc) is 2.81. The smallest absolute Gasteiger partial charge is 0.331 e. The third kappa shape index (κ3) is 6.12. The van der Waals surface area contributed by atoms with Crippen molar-refractivity contribution in [1.29, 1.82) is 0 Å². The molecule has 0 aliphatic carbocycles. The lowest BCUT2D eigenvalue weighted by atomic mass is 10.2. The van der Waals surface area contributed by atoms with Crippen molar-refractivity contribution in [1.82, 2.24) is 14.5 Å². The lowest BCUT2D eigenvalue weighted by Crippen LogP contribution is -2.42. The summed E-state index contributed by atoms with van der Waals surface area (Å²) >= 11 is 6.20. The first-order valence-corrected chi connectivity index (χ1v) is 11.2. The normalized spacial score (nSPS) is 10.9. The van der Waals surface area contributed by atoms with Crippen LogP contribution in [0.25, 0.3) is 10.9 Å². The topological polar surface area (TPSA) is 111 Å². The number of anilines is 1. The van der Waals surface area contributed by atoms with Crippen LogP contribution < -0.4 is 21.9 Å². The van der Waals surface area contributed by atoms with Gasteiger partial charge in [0.25, 0.3) is 5.56 Å². The molecule has 0 bridgehead atoms. The zero-order valence-corrected chi connectivity index (χ0v) is 19.9. The fourth-order valence-corrected chi connectivity index (χ4v) is 3.80. The molecule has 180 valence electrons. The number of para-hydroxylation sites is 1. The van der Waals surface area contributed by atoms with Gasteiger partial charge in [-0.15, -0.1) is 0 Å². The number of carbonyl (C=O) groups excluding carboxylic acids is 2. The summed E-state index contributed by atoms with van der Waals surface area (Å²) in [5.41, 5.74) is 0.531. The third-order valence-corrected chi connectivity index (χ3v) is 5.56. The van der Waals surface area contributed by atoms with Crippen LogP contribution in [-0.2, 0) is 27.4 Å². The quantitative estimate of drug-likeness (QED) is 0.427. The van der Waals surface area contributed by atoms with Crippen LogP contribution in [-0.4, -0.2) is 41.2 Å². The van der Waals surface area contributed by atoms with Crippen LogP contribution in [0.2, 0.25) is 5.02 Å². The third-order valence-electron chi connectivity index (χ3n) is 5.24. The number of methoxy groups -OCH3 is 1. The zero-order valence-electron chi connectivity index (χ0n) is 19.1. The molecule has 0 atom stereocenters. The number of aryl methyl sites for hydroxylation is 1. The van der Waals surface area contributed by atoms with Gasteiger partial charge in [0.15, 0.2) is 0 Å². The SMILES string of the molecule is COCCCNC(=O)CCn1c(=O)c2ccccc2n(CC(=O)Nc2ccc(C)cc2Cl)c1=O. The Morgan fingerprint density at radius 3 is 2.56 bits per heavy atom. The van der Waals surface area contributed by atoms with Gasteiger partial charge in [-0.3, -0.25) is 23.5 Å². The molecule has 0 saturated heterocycles. The van der Waals surface area contributed by atoms with Gasteiger partial charge in [0.2, 0.25) is 11.8 Å². The van der Waals surface area contributed by atoms with Gasteiger partial charge in [-0.2, -0.15) is 0 Å². The van der Waals surface area contributed by atoms with E-state index in [1.807, 2.05) is 13.0 Å². The first kappa shape index (κ1) is 25.2. The van der Waals surface area contributed by atoms with Gasteiger partial charge in [-0.25, -0.2) is 4.79 Å². The maximum absolute atomic E-state index is 13.2. The van der Waals surface area contributed by atoms with Crippen molar-refractivity contribution in [2.75, 3.05) is 25.6 Å². The van der Waals surface area contributed by atoms with Gasteiger partial charge in [0, 0.05) is 33.2 Å². The molecule has 2 amide bonds. The Labute approximate surface area is 201 Å². The van der Waals surface area contributed by atoms with Gasteiger partial charge < -0.3 is 15.4 Å². The largest absolute Gasteiger partial charge is 0.385 e. The molecule has 9 nitrogen and oxygen atoms in total. The van der Waals surface area contributed by atoms with Crippen LogP contribution in [0.5, 0.6) is 0 Å². The fraction of sp³-hybridized carbons (Fsp3) is 0.333. The number of hydrogen-bond acceptors (Lipinski definition) is 5. The van der Waals surface area contributed by atoms with E-state index in [0.717, 1.165) is 10.1 Å². The minimum atomic E-state index is -0.666. The summed E-state index contributed by atoms with van der Waals surface area (Å²) in [5, 5.41) is 6.09. The van der Waals surface area contributed by atoms with E-state index in [0.29, 0.717) is 35.8 Å². The molecule has 2 aromatic carbocycles.